The standard InChI is InChI=1S/C3H10O3Si.C3H6O2/c1-4-7(5-2)6-3;1-2-3(4)5-2/h7H,1-3H3;2-4H,1H3. The van der Waals surface area contributed by atoms with Gasteiger partial charge in [-0.2, -0.15) is 0 Å². The predicted octanol–water partition coefficient (Wildman–Crippen LogP) is -0.634. The molecule has 1 aliphatic heterocycles. The van der Waals surface area contributed by atoms with Gasteiger partial charge in [-0.3, -0.25) is 0 Å². The first-order valence-electron chi connectivity index (χ1n) is 3.57. The van der Waals surface area contributed by atoms with Gasteiger partial charge in [-0.15, -0.1) is 0 Å². The maximum Gasteiger partial charge on any atom is 0.483 e. The van der Waals surface area contributed by atoms with Crippen LogP contribution in [0, 0.1) is 0 Å². The highest BCUT2D eigenvalue weighted by atomic mass is 28.3. The highest BCUT2D eigenvalue weighted by Gasteiger charge is 2.30. The Balaban J connectivity index is 0.000000211. The van der Waals surface area contributed by atoms with E-state index in [-0.39, 0.29) is 6.10 Å². The second-order valence-electron chi connectivity index (χ2n) is 2.23. The largest absolute Gasteiger partial charge is 0.483 e. The maximum absolute atomic E-state index is 8.21. The van der Waals surface area contributed by atoms with Gasteiger partial charge in [-0.05, 0) is 6.92 Å². The van der Waals surface area contributed by atoms with Crippen molar-refractivity contribution in [3.63, 3.8) is 0 Å². The molecule has 0 aromatic carbocycles. The molecule has 2 unspecified atom stereocenters. The van der Waals surface area contributed by atoms with Gasteiger partial charge in [-0.1, -0.05) is 0 Å². The molecule has 0 aromatic heterocycles. The van der Waals surface area contributed by atoms with E-state index >= 15 is 0 Å². The first kappa shape index (κ1) is 12.0. The van der Waals surface area contributed by atoms with Gasteiger partial charge in [0.2, 0.25) is 0 Å². The Labute approximate surface area is 74.2 Å². The van der Waals surface area contributed by atoms with Crippen molar-refractivity contribution in [2.45, 2.75) is 19.3 Å². The van der Waals surface area contributed by atoms with Crippen molar-refractivity contribution in [1.29, 1.82) is 0 Å². The summed E-state index contributed by atoms with van der Waals surface area (Å²) in [7, 11) is 3.05. The highest BCUT2D eigenvalue weighted by Crippen LogP contribution is 2.15. The van der Waals surface area contributed by atoms with Crippen LogP contribution < -0.4 is 0 Å². The minimum absolute atomic E-state index is 0.106. The number of rotatable bonds is 3. The lowest BCUT2D eigenvalue weighted by Gasteiger charge is -2.05. The van der Waals surface area contributed by atoms with Crippen molar-refractivity contribution in [2.24, 2.45) is 0 Å². The normalized spacial score (nSPS) is 26.5. The second-order valence-corrected chi connectivity index (χ2v) is 4.22. The van der Waals surface area contributed by atoms with E-state index in [1.165, 1.54) is 0 Å². The van der Waals surface area contributed by atoms with Crippen molar-refractivity contribution in [3.8, 4) is 0 Å². The van der Waals surface area contributed by atoms with Crippen LogP contribution in [0.2, 0.25) is 0 Å². The smallest absolute Gasteiger partial charge is 0.379 e. The molecule has 0 saturated carbocycles. The molecule has 74 valence electrons. The van der Waals surface area contributed by atoms with E-state index < -0.39 is 15.8 Å². The number of hydrogen-bond acceptors (Lipinski definition) is 5. The molecule has 0 aromatic rings. The Bertz CT molecular complexity index is 96.6. The predicted molar refractivity (Wildman–Crippen MR) is 44.7 cm³/mol. The van der Waals surface area contributed by atoms with Crippen LogP contribution in [-0.2, 0) is 18.0 Å². The Morgan fingerprint density at radius 1 is 1.17 bits per heavy atom. The summed E-state index contributed by atoms with van der Waals surface area (Å²) in [5.41, 5.74) is 0. The third-order valence-electron chi connectivity index (χ3n) is 1.26. The zero-order valence-electron chi connectivity index (χ0n) is 7.81. The lowest BCUT2D eigenvalue weighted by atomic mass is 10.5. The third-order valence-corrected chi connectivity index (χ3v) is 2.41. The van der Waals surface area contributed by atoms with Gasteiger partial charge in [0.15, 0.2) is 6.29 Å². The minimum atomic E-state index is -1.67. The van der Waals surface area contributed by atoms with E-state index in [1.54, 1.807) is 21.3 Å². The first-order chi connectivity index (χ1) is 5.65. The average Bonchev–Trinajstić information content (AvgIpc) is 2.69. The molecule has 2 atom stereocenters. The van der Waals surface area contributed by atoms with Crippen LogP contribution >= 0.6 is 0 Å². The summed E-state index contributed by atoms with van der Waals surface area (Å²) < 4.78 is 18.7. The van der Waals surface area contributed by atoms with Crippen molar-refractivity contribution < 1.29 is 23.1 Å². The number of epoxide rings is 1. The molecular weight excluding hydrogens is 180 g/mol. The topological polar surface area (TPSA) is 60.5 Å². The summed E-state index contributed by atoms with van der Waals surface area (Å²) in [6.07, 6.45) is -0.343. The summed E-state index contributed by atoms with van der Waals surface area (Å²) >= 11 is 0. The number of aliphatic hydroxyl groups excluding tert-OH is 1. The van der Waals surface area contributed by atoms with E-state index in [2.05, 4.69) is 4.74 Å². The van der Waals surface area contributed by atoms with Crippen molar-refractivity contribution in [3.05, 3.63) is 0 Å². The van der Waals surface area contributed by atoms with E-state index in [4.69, 9.17) is 18.4 Å². The van der Waals surface area contributed by atoms with Crippen LogP contribution in [0.4, 0.5) is 0 Å². The fourth-order valence-electron chi connectivity index (χ4n) is 0.463. The van der Waals surface area contributed by atoms with Gasteiger partial charge >= 0.3 is 9.53 Å². The number of hydrogen-bond donors (Lipinski definition) is 1. The molecule has 0 amide bonds. The molecular formula is C6H16O5Si. The van der Waals surface area contributed by atoms with Gasteiger partial charge in [0, 0.05) is 21.3 Å². The Morgan fingerprint density at radius 2 is 1.42 bits per heavy atom. The molecule has 1 aliphatic rings. The van der Waals surface area contributed by atoms with Gasteiger partial charge in [-0.25, -0.2) is 0 Å². The summed E-state index contributed by atoms with van der Waals surface area (Å²) in [6.45, 7) is 1.82. The van der Waals surface area contributed by atoms with E-state index in [9.17, 15) is 0 Å². The minimum Gasteiger partial charge on any atom is -0.379 e. The number of ether oxygens (including phenoxy) is 1. The van der Waals surface area contributed by atoms with E-state index in [0.29, 0.717) is 0 Å². The van der Waals surface area contributed by atoms with E-state index in [0.717, 1.165) is 0 Å². The lowest BCUT2D eigenvalue weighted by molar-refractivity contribution is 0.156. The van der Waals surface area contributed by atoms with Crippen LogP contribution in [-0.4, -0.2) is 48.4 Å². The Kier molecular flexibility index (Phi) is 6.53. The Hall–Kier alpha value is 0.0169. The molecule has 1 fully saturated rings. The van der Waals surface area contributed by atoms with Gasteiger partial charge in [0.1, 0.15) is 6.10 Å². The van der Waals surface area contributed by atoms with Gasteiger partial charge < -0.3 is 23.1 Å². The quantitative estimate of drug-likeness (QED) is 0.481. The molecule has 6 heteroatoms. The summed E-state index contributed by atoms with van der Waals surface area (Å²) in [4.78, 5) is 0. The first-order valence-corrected chi connectivity index (χ1v) is 4.99. The van der Waals surface area contributed by atoms with Gasteiger partial charge in [0.25, 0.3) is 0 Å². The highest BCUT2D eigenvalue weighted by molar-refractivity contribution is 6.36. The molecule has 5 nitrogen and oxygen atoms in total. The number of aliphatic hydroxyl groups is 1. The average molecular weight is 196 g/mol. The molecule has 0 radical (unpaired) electrons. The molecule has 12 heavy (non-hydrogen) atoms. The molecule has 1 N–H and O–H groups in total. The molecule has 0 aliphatic carbocycles. The lowest BCUT2D eigenvalue weighted by Crippen LogP contribution is -2.21. The molecule has 1 saturated heterocycles. The summed E-state index contributed by atoms with van der Waals surface area (Å²) in [5.74, 6) is 0. The van der Waals surface area contributed by atoms with Crippen molar-refractivity contribution in [1.82, 2.24) is 0 Å². The monoisotopic (exact) mass is 196 g/mol. The zero-order chi connectivity index (χ0) is 9.56. The van der Waals surface area contributed by atoms with Crippen molar-refractivity contribution in [2.75, 3.05) is 21.3 Å². The van der Waals surface area contributed by atoms with Crippen LogP contribution in [0.3, 0.4) is 0 Å². The third kappa shape index (κ3) is 5.64. The molecule has 1 heterocycles. The Morgan fingerprint density at radius 3 is 1.42 bits per heavy atom. The van der Waals surface area contributed by atoms with E-state index in [1.807, 2.05) is 6.92 Å². The maximum atomic E-state index is 8.21. The molecule has 0 bridgehead atoms. The fraction of sp³-hybridized carbons (Fsp3) is 1.00. The summed E-state index contributed by atoms with van der Waals surface area (Å²) in [6, 6.07) is 0. The zero-order valence-corrected chi connectivity index (χ0v) is 8.97. The van der Waals surface area contributed by atoms with Crippen LogP contribution in [0.1, 0.15) is 6.92 Å². The second kappa shape index (κ2) is 6.52. The van der Waals surface area contributed by atoms with Gasteiger partial charge in [0.05, 0.1) is 0 Å². The molecule has 0 spiro atoms. The fourth-order valence-corrected chi connectivity index (χ4v) is 1.04. The van der Waals surface area contributed by atoms with Crippen LogP contribution in [0.15, 0.2) is 0 Å². The SMILES string of the molecule is CC1OC1O.CO[SiH](OC)OC. The molecule has 1 rings (SSSR count). The van der Waals surface area contributed by atoms with Crippen molar-refractivity contribution >= 4 is 9.53 Å². The van der Waals surface area contributed by atoms with Crippen LogP contribution in [0.5, 0.6) is 0 Å². The van der Waals surface area contributed by atoms with Crippen LogP contribution in [0.25, 0.3) is 0 Å². The summed E-state index contributed by atoms with van der Waals surface area (Å²) in [5, 5.41) is 8.21.